The van der Waals surface area contributed by atoms with Crippen molar-refractivity contribution in [1.29, 1.82) is 0 Å². The van der Waals surface area contributed by atoms with E-state index in [0.717, 1.165) is 18.9 Å². The molecule has 0 spiro atoms. The zero-order valence-corrected chi connectivity index (χ0v) is 12.6. The summed E-state index contributed by atoms with van der Waals surface area (Å²) in [6.45, 7) is 5.48. The number of nitrogens with zero attached hydrogens (tertiary/aromatic N) is 4. The number of hydrogen-bond acceptors (Lipinski definition) is 5. The Balaban J connectivity index is 2.08. The van der Waals surface area contributed by atoms with Crippen LogP contribution in [0.4, 0.5) is 11.8 Å². The predicted octanol–water partition coefficient (Wildman–Crippen LogP) is 2.09. The summed E-state index contributed by atoms with van der Waals surface area (Å²) in [7, 11) is 3.85. The van der Waals surface area contributed by atoms with Crippen molar-refractivity contribution < 1.29 is 0 Å². The van der Waals surface area contributed by atoms with Crippen LogP contribution in [0.25, 0.3) is 0 Å². The molecule has 1 aromatic rings. The lowest BCUT2D eigenvalue weighted by Crippen LogP contribution is -2.39. The Labute approximate surface area is 120 Å². The lowest BCUT2D eigenvalue weighted by Gasteiger charge is -2.28. The largest absolute Gasteiger partial charge is 0.357 e. The van der Waals surface area contributed by atoms with Gasteiger partial charge in [0.05, 0.1) is 6.20 Å². The van der Waals surface area contributed by atoms with Gasteiger partial charge >= 0.3 is 0 Å². The Morgan fingerprint density at radius 1 is 1.58 bits per heavy atom. The van der Waals surface area contributed by atoms with E-state index in [1.54, 1.807) is 6.20 Å². The first-order valence-corrected chi connectivity index (χ1v) is 7.19. The predicted molar refractivity (Wildman–Crippen MR) is 80.1 cm³/mol. The molecule has 2 rings (SSSR count). The van der Waals surface area contributed by atoms with Gasteiger partial charge in [0.1, 0.15) is 5.02 Å². The van der Waals surface area contributed by atoms with E-state index in [9.17, 15) is 0 Å². The minimum Gasteiger partial charge on any atom is -0.357 e. The van der Waals surface area contributed by atoms with E-state index in [-0.39, 0.29) is 0 Å². The van der Waals surface area contributed by atoms with E-state index in [1.165, 1.54) is 19.4 Å². The van der Waals surface area contributed by atoms with Gasteiger partial charge < -0.3 is 10.2 Å². The standard InChI is InChI=1S/C13H22ClN5/c1-4-19-7-5-6-10(19)9-18(3)12-11(14)8-16-13(15-2)17-12/h8,10H,4-7,9H2,1-3H3,(H,15,16,17). The molecule has 0 aliphatic carbocycles. The van der Waals surface area contributed by atoms with Crippen molar-refractivity contribution in [2.75, 3.05) is 43.9 Å². The van der Waals surface area contributed by atoms with Crippen molar-refractivity contribution in [1.82, 2.24) is 14.9 Å². The van der Waals surface area contributed by atoms with Crippen LogP contribution in [-0.4, -0.2) is 54.6 Å². The zero-order valence-electron chi connectivity index (χ0n) is 11.9. The second kappa shape index (κ2) is 6.39. The van der Waals surface area contributed by atoms with Gasteiger partial charge in [-0.15, -0.1) is 0 Å². The number of halogens is 1. The first-order chi connectivity index (χ1) is 9.15. The summed E-state index contributed by atoms with van der Waals surface area (Å²) in [5.74, 6) is 1.40. The van der Waals surface area contributed by atoms with Crippen LogP contribution in [0.3, 0.4) is 0 Å². The van der Waals surface area contributed by atoms with Gasteiger partial charge in [0.2, 0.25) is 5.95 Å². The number of hydrogen-bond donors (Lipinski definition) is 1. The average molecular weight is 284 g/mol. The Kier molecular flexibility index (Phi) is 4.82. The maximum absolute atomic E-state index is 6.20. The summed E-state index contributed by atoms with van der Waals surface area (Å²) in [6.07, 6.45) is 4.18. The highest BCUT2D eigenvalue weighted by atomic mass is 35.5. The van der Waals surface area contributed by atoms with Gasteiger partial charge in [-0.2, -0.15) is 4.98 Å². The lowest BCUT2D eigenvalue weighted by atomic mass is 10.2. The molecular formula is C13H22ClN5. The van der Waals surface area contributed by atoms with Crippen LogP contribution < -0.4 is 10.2 Å². The fourth-order valence-electron chi connectivity index (χ4n) is 2.67. The van der Waals surface area contributed by atoms with E-state index >= 15 is 0 Å². The molecular weight excluding hydrogens is 262 g/mol. The molecule has 1 saturated heterocycles. The van der Waals surface area contributed by atoms with Gasteiger partial charge in [-0.25, -0.2) is 4.98 Å². The number of aromatic nitrogens is 2. The smallest absolute Gasteiger partial charge is 0.224 e. The fraction of sp³-hybridized carbons (Fsp3) is 0.692. The van der Waals surface area contributed by atoms with Gasteiger partial charge in [0, 0.05) is 26.7 Å². The normalized spacial score (nSPS) is 19.7. The van der Waals surface area contributed by atoms with Gasteiger partial charge in [0.25, 0.3) is 0 Å². The summed E-state index contributed by atoms with van der Waals surface area (Å²) in [5.41, 5.74) is 0. The van der Waals surface area contributed by atoms with E-state index in [4.69, 9.17) is 11.6 Å². The maximum Gasteiger partial charge on any atom is 0.224 e. The van der Waals surface area contributed by atoms with Crippen LogP contribution in [0.5, 0.6) is 0 Å². The second-order valence-corrected chi connectivity index (χ2v) is 5.33. The second-order valence-electron chi connectivity index (χ2n) is 4.92. The number of anilines is 2. The summed E-state index contributed by atoms with van der Waals surface area (Å²) < 4.78 is 0. The Hall–Kier alpha value is -1.07. The molecule has 0 bridgehead atoms. The van der Waals surface area contributed by atoms with Crippen molar-refractivity contribution in [3.63, 3.8) is 0 Å². The van der Waals surface area contributed by atoms with E-state index < -0.39 is 0 Å². The summed E-state index contributed by atoms with van der Waals surface area (Å²) in [5, 5.41) is 3.54. The molecule has 0 amide bonds. The van der Waals surface area contributed by atoms with Gasteiger partial charge in [-0.1, -0.05) is 18.5 Å². The van der Waals surface area contributed by atoms with E-state index in [2.05, 4.69) is 32.0 Å². The summed E-state index contributed by atoms with van der Waals surface area (Å²) >= 11 is 6.20. The molecule has 1 unspecified atom stereocenters. The Bertz CT molecular complexity index is 425. The third-order valence-electron chi connectivity index (χ3n) is 3.70. The highest BCUT2D eigenvalue weighted by molar-refractivity contribution is 6.32. The van der Waals surface area contributed by atoms with E-state index in [1.807, 2.05) is 14.1 Å². The van der Waals surface area contributed by atoms with Crippen molar-refractivity contribution in [2.45, 2.75) is 25.8 Å². The molecule has 5 nitrogen and oxygen atoms in total. The molecule has 1 N–H and O–H groups in total. The van der Waals surface area contributed by atoms with Crippen LogP contribution in [0.15, 0.2) is 6.20 Å². The van der Waals surface area contributed by atoms with Crippen LogP contribution in [0.2, 0.25) is 5.02 Å². The number of rotatable bonds is 5. The van der Waals surface area contributed by atoms with Crippen molar-refractivity contribution in [3.8, 4) is 0 Å². The highest BCUT2D eigenvalue weighted by Gasteiger charge is 2.25. The molecule has 1 aromatic heterocycles. The quantitative estimate of drug-likeness (QED) is 0.896. The topological polar surface area (TPSA) is 44.3 Å². The molecule has 1 atom stereocenters. The van der Waals surface area contributed by atoms with Crippen LogP contribution in [0.1, 0.15) is 19.8 Å². The fourth-order valence-corrected chi connectivity index (χ4v) is 2.90. The number of nitrogens with one attached hydrogen (secondary N) is 1. The molecule has 1 aliphatic heterocycles. The molecule has 1 fully saturated rings. The maximum atomic E-state index is 6.20. The van der Waals surface area contributed by atoms with Gasteiger partial charge in [-0.3, -0.25) is 4.90 Å². The Morgan fingerprint density at radius 3 is 3.05 bits per heavy atom. The average Bonchev–Trinajstić information content (AvgIpc) is 2.86. The Morgan fingerprint density at radius 2 is 2.37 bits per heavy atom. The number of likely N-dealkylation sites (tertiary alicyclic amines) is 1. The monoisotopic (exact) mass is 283 g/mol. The summed E-state index contributed by atoms with van der Waals surface area (Å²) in [4.78, 5) is 13.2. The number of likely N-dealkylation sites (N-methyl/N-ethyl adjacent to an activating group) is 2. The molecule has 2 heterocycles. The third kappa shape index (κ3) is 3.28. The van der Waals surface area contributed by atoms with Crippen LogP contribution in [0, 0.1) is 0 Å². The van der Waals surface area contributed by atoms with Gasteiger partial charge in [0.15, 0.2) is 5.82 Å². The molecule has 0 aromatic carbocycles. The molecule has 6 heteroatoms. The van der Waals surface area contributed by atoms with Gasteiger partial charge in [-0.05, 0) is 25.9 Å². The molecule has 19 heavy (non-hydrogen) atoms. The molecule has 106 valence electrons. The molecule has 0 saturated carbocycles. The molecule has 1 aliphatic rings. The minimum absolute atomic E-state index is 0.596. The minimum atomic E-state index is 0.596. The van der Waals surface area contributed by atoms with Crippen molar-refractivity contribution in [2.24, 2.45) is 0 Å². The van der Waals surface area contributed by atoms with Crippen molar-refractivity contribution >= 4 is 23.4 Å². The first-order valence-electron chi connectivity index (χ1n) is 6.81. The summed E-state index contributed by atoms with van der Waals surface area (Å²) in [6, 6.07) is 0.596. The first kappa shape index (κ1) is 14.3. The zero-order chi connectivity index (χ0) is 13.8. The molecule has 0 radical (unpaired) electrons. The van der Waals surface area contributed by atoms with Crippen LogP contribution >= 0.6 is 11.6 Å². The SMILES string of the molecule is CCN1CCCC1CN(C)c1nc(NC)ncc1Cl. The lowest BCUT2D eigenvalue weighted by molar-refractivity contribution is 0.270. The van der Waals surface area contributed by atoms with Crippen LogP contribution in [-0.2, 0) is 0 Å². The highest BCUT2D eigenvalue weighted by Crippen LogP contribution is 2.25. The van der Waals surface area contributed by atoms with E-state index in [0.29, 0.717) is 17.0 Å². The van der Waals surface area contributed by atoms with Crippen molar-refractivity contribution in [3.05, 3.63) is 11.2 Å². The third-order valence-corrected chi connectivity index (χ3v) is 3.97.